The van der Waals surface area contributed by atoms with Gasteiger partial charge < -0.3 is 9.47 Å². The van der Waals surface area contributed by atoms with Gasteiger partial charge in [0.1, 0.15) is 18.0 Å². The quantitative estimate of drug-likeness (QED) is 0.602. The third kappa shape index (κ3) is 4.40. The van der Waals surface area contributed by atoms with Gasteiger partial charge in [0.25, 0.3) is 5.56 Å². The normalized spacial score (nSPS) is 12.0. The second kappa shape index (κ2) is 7.98. The molecule has 6 nitrogen and oxygen atoms in total. The molecule has 2 aromatic heterocycles. The molecule has 2 heterocycles. The van der Waals surface area contributed by atoms with Crippen molar-refractivity contribution in [3.05, 3.63) is 74.3 Å². The van der Waals surface area contributed by atoms with Gasteiger partial charge in [-0.2, -0.15) is 0 Å². The number of aryl methyl sites for hydroxylation is 1. The highest BCUT2D eigenvalue weighted by atomic mass is 35.5. The molecular formula is C19H16Cl2N2O4. The maximum Gasteiger partial charge on any atom is 0.347 e. The van der Waals surface area contributed by atoms with E-state index in [9.17, 15) is 9.59 Å². The van der Waals surface area contributed by atoms with E-state index in [0.717, 1.165) is 5.56 Å². The maximum absolute atomic E-state index is 12.2. The Morgan fingerprint density at radius 3 is 2.78 bits per heavy atom. The molecule has 0 aliphatic rings. The predicted octanol–water partition coefficient (Wildman–Crippen LogP) is 3.82. The lowest BCUT2D eigenvalue weighted by molar-refractivity contribution is -0.152. The van der Waals surface area contributed by atoms with Crippen molar-refractivity contribution in [2.24, 2.45) is 0 Å². The van der Waals surface area contributed by atoms with E-state index in [1.165, 1.54) is 16.5 Å². The van der Waals surface area contributed by atoms with E-state index < -0.39 is 12.1 Å². The zero-order chi connectivity index (χ0) is 19.6. The molecule has 1 aromatic carbocycles. The molecule has 0 fully saturated rings. The van der Waals surface area contributed by atoms with Gasteiger partial charge in [-0.1, -0.05) is 29.3 Å². The zero-order valence-electron chi connectivity index (χ0n) is 14.6. The Kier molecular flexibility index (Phi) is 5.68. The molecule has 0 aliphatic carbocycles. The van der Waals surface area contributed by atoms with Crippen molar-refractivity contribution < 1.29 is 14.3 Å². The number of pyridine rings is 1. The Morgan fingerprint density at radius 2 is 2.04 bits per heavy atom. The number of fused-ring (bicyclic) bond motifs is 1. The molecule has 3 rings (SSSR count). The molecule has 0 spiro atoms. The van der Waals surface area contributed by atoms with Gasteiger partial charge in [0.15, 0.2) is 6.10 Å². The van der Waals surface area contributed by atoms with Crippen LogP contribution in [0.15, 0.2) is 47.4 Å². The van der Waals surface area contributed by atoms with Crippen LogP contribution < -0.4 is 10.3 Å². The maximum atomic E-state index is 12.2. The summed E-state index contributed by atoms with van der Waals surface area (Å²) in [5.41, 5.74) is 1.48. The molecule has 1 atom stereocenters. The molecule has 1 unspecified atom stereocenters. The minimum atomic E-state index is -0.896. The van der Waals surface area contributed by atoms with Crippen LogP contribution in [0, 0.1) is 6.92 Å². The molecule has 0 aliphatic heterocycles. The lowest BCUT2D eigenvalue weighted by Gasteiger charge is -2.15. The van der Waals surface area contributed by atoms with Crippen LogP contribution in [0.5, 0.6) is 5.75 Å². The van der Waals surface area contributed by atoms with Crippen LogP contribution >= 0.6 is 23.2 Å². The number of esters is 1. The van der Waals surface area contributed by atoms with Crippen molar-refractivity contribution in [1.82, 2.24) is 9.38 Å². The van der Waals surface area contributed by atoms with E-state index in [1.807, 2.05) is 13.0 Å². The number of ether oxygens (including phenoxy) is 2. The van der Waals surface area contributed by atoms with Crippen LogP contribution in [0.4, 0.5) is 0 Å². The van der Waals surface area contributed by atoms with Gasteiger partial charge in [0, 0.05) is 17.3 Å². The number of rotatable bonds is 5. The van der Waals surface area contributed by atoms with Crippen molar-refractivity contribution >= 4 is 34.8 Å². The lowest BCUT2D eigenvalue weighted by Crippen LogP contribution is -2.26. The van der Waals surface area contributed by atoms with Crippen molar-refractivity contribution in [2.45, 2.75) is 26.6 Å². The summed E-state index contributed by atoms with van der Waals surface area (Å²) >= 11 is 11.9. The van der Waals surface area contributed by atoms with Crippen molar-refractivity contribution in [2.75, 3.05) is 0 Å². The van der Waals surface area contributed by atoms with E-state index in [-0.39, 0.29) is 12.2 Å². The Bertz CT molecular complexity index is 1070. The Hall–Kier alpha value is -2.57. The summed E-state index contributed by atoms with van der Waals surface area (Å²) in [7, 11) is 0. The summed E-state index contributed by atoms with van der Waals surface area (Å²) in [6.07, 6.45) is 0.742. The zero-order valence-corrected chi connectivity index (χ0v) is 16.1. The first-order chi connectivity index (χ1) is 12.8. The molecule has 3 aromatic rings. The number of carbonyl (C=O) groups is 1. The van der Waals surface area contributed by atoms with Crippen molar-refractivity contribution in [3.63, 3.8) is 0 Å². The number of halogens is 2. The van der Waals surface area contributed by atoms with E-state index in [1.54, 1.807) is 31.3 Å². The monoisotopic (exact) mass is 406 g/mol. The van der Waals surface area contributed by atoms with Crippen LogP contribution in [0.1, 0.15) is 18.2 Å². The van der Waals surface area contributed by atoms with E-state index in [2.05, 4.69) is 4.98 Å². The minimum Gasteiger partial charge on any atom is -0.477 e. The Morgan fingerprint density at radius 1 is 1.26 bits per heavy atom. The van der Waals surface area contributed by atoms with Crippen LogP contribution in [-0.4, -0.2) is 21.5 Å². The summed E-state index contributed by atoms with van der Waals surface area (Å²) in [6, 6.07) is 9.65. The Labute approximate surface area is 165 Å². The number of nitrogens with zero attached hydrogens (tertiary/aromatic N) is 2. The topological polar surface area (TPSA) is 69.9 Å². The summed E-state index contributed by atoms with van der Waals surface area (Å²) in [6.45, 7) is 3.25. The molecule has 0 N–H and O–H groups in total. The highest BCUT2D eigenvalue weighted by Gasteiger charge is 2.18. The average Bonchev–Trinajstić information content (AvgIpc) is 2.63. The molecule has 0 saturated carbocycles. The molecule has 0 amide bonds. The van der Waals surface area contributed by atoms with Gasteiger partial charge in [-0.05, 0) is 43.7 Å². The van der Waals surface area contributed by atoms with E-state index >= 15 is 0 Å². The number of carbonyl (C=O) groups excluding carboxylic acids is 1. The fourth-order valence-corrected chi connectivity index (χ4v) is 2.91. The molecular weight excluding hydrogens is 391 g/mol. The van der Waals surface area contributed by atoms with Crippen molar-refractivity contribution in [3.8, 4) is 5.75 Å². The van der Waals surface area contributed by atoms with Crippen LogP contribution in [0.25, 0.3) is 5.65 Å². The summed E-state index contributed by atoms with van der Waals surface area (Å²) < 4.78 is 12.2. The number of hydrogen-bond acceptors (Lipinski definition) is 5. The van der Waals surface area contributed by atoms with Crippen LogP contribution in [0.2, 0.25) is 10.0 Å². The standard InChI is InChI=1S/C19H16Cl2N2O4/c1-11-4-3-7-23-17(24)9-14(22-18(11)23)10-26-19(25)12(2)27-16-6-5-13(20)8-15(16)21/h3-9,12H,10H2,1-2H3. The highest BCUT2D eigenvalue weighted by Crippen LogP contribution is 2.28. The van der Waals surface area contributed by atoms with Gasteiger partial charge in [-0.15, -0.1) is 0 Å². The number of benzene rings is 1. The second-order valence-electron chi connectivity index (χ2n) is 5.91. The molecule has 0 bridgehead atoms. The first-order valence-electron chi connectivity index (χ1n) is 8.11. The van der Waals surface area contributed by atoms with Crippen LogP contribution in [0.3, 0.4) is 0 Å². The van der Waals surface area contributed by atoms with Gasteiger partial charge >= 0.3 is 5.97 Å². The van der Waals surface area contributed by atoms with Crippen molar-refractivity contribution in [1.29, 1.82) is 0 Å². The van der Waals surface area contributed by atoms with Gasteiger partial charge in [-0.25, -0.2) is 9.78 Å². The molecule has 0 radical (unpaired) electrons. The third-order valence-electron chi connectivity index (χ3n) is 3.83. The fourth-order valence-electron chi connectivity index (χ4n) is 2.45. The lowest BCUT2D eigenvalue weighted by atomic mass is 10.3. The second-order valence-corrected chi connectivity index (χ2v) is 6.76. The van der Waals surface area contributed by atoms with Gasteiger partial charge in [0.05, 0.1) is 10.7 Å². The fraction of sp³-hybridized carbons (Fsp3) is 0.211. The molecule has 27 heavy (non-hydrogen) atoms. The highest BCUT2D eigenvalue weighted by molar-refractivity contribution is 6.35. The number of aromatic nitrogens is 2. The first kappa shape index (κ1) is 19.2. The largest absolute Gasteiger partial charge is 0.477 e. The third-order valence-corrected chi connectivity index (χ3v) is 4.36. The summed E-state index contributed by atoms with van der Waals surface area (Å²) in [4.78, 5) is 28.7. The smallest absolute Gasteiger partial charge is 0.347 e. The van der Waals surface area contributed by atoms with E-state index in [4.69, 9.17) is 32.7 Å². The van der Waals surface area contributed by atoms with Gasteiger partial charge in [0.2, 0.25) is 0 Å². The summed E-state index contributed by atoms with van der Waals surface area (Å²) in [5.74, 6) is -0.281. The SMILES string of the molecule is Cc1cccn2c(=O)cc(COC(=O)C(C)Oc3ccc(Cl)cc3Cl)nc12. The Balaban J connectivity index is 1.69. The summed E-state index contributed by atoms with van der Waals surface area (Å²) in [5, 5.41) is 0.758. The predicted molar refractivity (Wildman–Crippen MR) is 103 cm³/mol. The number of hydrogen-bond donors (Lipinski definition) is 0. The minimum absolute atomic E-state index is 0.138. The molecule has 0 saturated heterocycles. The first-order valence-corrected chi connectivity index (χ1v) is 8.87. The van der Waals surface area contributed by atoms with E-state index in [0.29, 0.717) is 27.1 Å². The molecule has 140 valence electrons. The van der Waals surface area contributed by atoms with Crippen LogP contribution in [-0.2, 0) is 16.1 Å². The average molecular weight is 407 g/mol. The van der Waals surface area contributed by atoms with Gasteiger partial charge in [-0.3, -0.25) is 9.20 Å². The molecule has 8 heteroatoms.